The molecule has 0 saturated heterocycles. The Morgan fingerprint density at radius 1 is 0.142 bits per heavy atom. The molecule has 0 fully saturated rings. The van der Waals surface area contributed by atoms with Crippen LogP contribution in [0.1, 0.15) is 0 Å². The van der Waals surface area contributed by atoms with Crippen LogP contribution in [0.4, 0.5) is 0 Å². The zero-order chi connectivity index (χ0) is 93.0. The molecular formula is C127H75N11S3. The molecule has 11 nitrogen and oxygen atoms in total. The summed E-state index contributed by atoms with van der Waals surface area (Å²) >= 11 is 5.58. The second-order valence-electron chi connectivity index (χ2n) is 35.2. The van der Waals surface area contributed by atoms with E-state index in [0.29, 0.717) is 40.8 Å². The van der Waals surface area contributed by atoms with Crippen molar-refractivity contribution in [1.82, 2.24) is 54.8 Å². The molecule has 9 heterocycles. The first-order valence-corrected chi connectivity index (χ1v) is 49.5. The number of fused-ring (bicyclic) bond motifs is 30. The summed E-state index contributed by atoms with van der Waals surface area (Å²) in [5, 5.41) is 25.6. The Hall–Kier alpha value is -18.1. The minimum absolute atomic E-state index is 0.622. The number of thiophene rings is 3. The highest BCUT2D eigenvalue weighted by molar-refractivity contribution is 7.28. The van der Waals surface area contributed by atoms with Crippen LogP contribution < -0.4 is 0 Å². The van der Waals surface area contributed by atoms with Crippen molar-refractivity contribution in [3.05, 3.63) is 455 Å². The number of pyridine rings is 3. The summed E-state index contributed by atoms with van der Waals surface area (Å²) < 4.78 is 7.73. The lowest BCUT2D eigenvalue weighted by molar-refractivity contribution is 1.07. The van der Waals surface area contributed by atoms with Crippen LogP contribution in [-0.4, -0.2) is 54.8 Å². The van der Waals surface area contributed by atoms with Crippen molar-refractivity contribution in [1.29, 1.82) is 0 Å². The molecule has 0 unspecified atom stereocenters. The molecule has 0 spiro atoms. The molecule has 14 heteroatoms. The van der Waals surface area contributed by atoms with E-state index in [-0.39, 0.29) is 0 Å². The number of benzene rings is 20. The van der Waals surface area contributed by atoms with E-state index in [4.69, 9.17) is 54.8 Å². The van der Waals surface area contributed by atoms with Gasteiger partial charge in [-0.3, -0.25) is 0 Å². The molecule has 29 aromatic rings. The minimum atomic E-state index is 0.622. The Bertz CT molecular complexity index is 9950. The molecule has 0 bridgehead atoms. The summed E-state index contributed by atoms with van der Waals surface area (Å²) in [7, 11) is 0. The van der Waals surface area contributed by atoms with Crippen molar-refractivity contribution in [3.63, 3.8) is 0 Å². The lowest BCUT2D eigenvalue weighted by atomic mass is 9.94. The Morgan fingerprint density at radius 3 is 0.730 bits per heavy atom. The number of aromatic nitrogens is 11. The molecule has 20 aromatic carbocycles. The molecule has 141 heavy (non-hydrogen) atoms. The van der Waals surface area contributed by atoms with Gasteiger partial charge >= 0.3 is 0 Å². The normalized spacial score (nSPS) is 11.7. The number of hydrogen-bond acceptors (Lipinski definition) is 14. The topological polar surface area (TPSA) is 142 Å². The highest BCUT2D eigenvalue weighted by Crippen LogP contribution is 2.52. The van der Waals surface area contributed by atoms with Gasteiger partial charge in [0.2, 0.25) is 0 Å². The van der Waals surface area contributed by atoms with Crippen LogP contribution in [0.25, 0.3) is 283 Å². The number of nitrogens with zero attached hydrogens (tertiary/aromatic N) is 11. The molecule has 0 N–H and O–H groups in total. The van der Waals surface area contributed by atoms with E-state index in [9.17, 15) is 0 Å². The maximum Gasteiger partial charge on any atom is 0.164 e. The molecule has 0 aliphatic heterocycles. The Kier molecular flexibility index (Phi) is 20.2. The molecule has 9 aromatic heterocycles. The van der Waals surface area contributed by atoms with Gasteiger partial charge in [-0.25, -0.2) is 54.8 Å². The van der Waals surface area contributed by atoms with E-state index in [1.54, 1.807) is 0 Å². The van der Waals surface area contributed by atoms with E-state index >= 15 is 0 Å². The van der Waals surface area contributed by atoms with E-state index in [1.165, 1.54) is 114 Å². The van der Waals surface area contributed by atoms with Gasteiger partial charge in [0.1, 0.15) is 0 Å². The third-order valence-electron chi connectivity index (χ3n) is 26.9. The van der Waals surface area contributed by atoms with Crippen molar-refractivity contribution in [3.8, 4) is 125 Å². The zero-order valence-electron chi connectivity index (χ0n) is 75.4. The molecule has 0 saturated carbocycles. The molecular weight excluding hydrogens is 1780 g/mol. The average Bonchev–Trinajstić information content (AvgIpc) is 1.66. The summed E-state index contributed by atoms with van der Waals surface area (Å²) in [5.74, 6) is 4.53. The average molecular weight is 1850 g/mol. The molecule has 0 atom stereocenters. The third-order valence-corrected chi connectivity index (χ3v) is 30.5. The summed E-state index contributed by atoms with van der Waals surface area (Å²) in [6.45, 7) is 0. The fourth-order valence-electron chi connectivity index (χ4n) is 20.5. The van der Waals surface area contributed by atoms with Gasteiger partial charge in [-0.05, 0) is 56.6 Å². The largest absolute Gasteiger partial charge is 0.246 e. The van der Waals surface area contributed by atoms with Gasteiger partial charge in [-0.2, -0.15) is 0 Å². The van der Waals surface area contributed by atoms with E-state index in [2.05, 4.69) is 303 Å². The lowest BCUT2D eigenvalue weighted by Gasteiger charge is -2.16. The van der Waals surface area contributed by atoms with Gasteiger partial charge in [-0.1, -0.05) is 425 Å². The fraction of sp³-hybridized carbons (Fsp3) is 0. The lowest BCUT2D eigenvalue weighted by Crippen LogP contribution is -2.00. The minimum Gasteiger partial charge on any atom is -0.246 e. The van der Waals surface area contributed by atoms with Crippen molar-refractivity contribution in [2.24, 2.45) is 0 Å². The number of hydrogen-bond donors (Lipinski definition) is 0. The van der Waals surface area contributed by atoms with Crippen molar-refractivity contribution in [2.75, 3.05) is 0 Å². The van der Waals surface area contributed by atoms with E-state index in [1.807, 2.05) is 186 Å². The highest BCUT2D eigenvalue weighted by Gasteiger charge is 2.27. The van der Waals surface area contributed by atoms with Crippen LogP contribution in [-0.2, 0) is 0 Å². The van der Waals surface area contributed by atoms with Crippen molar-refractivity contribution >= 4 is 192 Å². The van der Waals surface area contributed by atoms with E-state index in [0.717, 1.165) is 127 Å². The van der Waals surface area contributed by atoms with E-state index < -0.39 is 0 Å². The SMILES string of the molecule is c1ccc(-c2nc(-c3ccccc3)nc(-c3ccc(-c4nc5c6ccccc6c6c7ccccc7sc6c5c5ccccc45)cc3)n2)cc1.c1ccc(-c2nc(-c3ccccc3)nc(-c3cccc(-c4nc5c6ccccc6c6c7ccccc7sc6c5c5ccccc45)c3)n2)cc1.c1ccc(-c2ncc(-c3nc4c5ccccc5c5c6ccccc6sc5c4c4ccccc34)c(-c3ccccc3)n2)cc1. The second kappa shape index (κ2) is 34.6. The van der Waals surface area contributed by atoms with Gasteiger partial charge in [0.05, 0.1) is 39.3 Å². The van der Waals surface area contributed by atoms with Gasteiger partial charge in [0, 0.05) is 176 Å². The predicted octanol–water partition coefficient (Wildman–Crippen LogP) is 34.2. The van der Waals surface area contributed by atoms with Crippen LogP contribution in [0.15, 0.2) is 455 Å². The Morgan fingerprint density at radius 2 is 0.376 bits per heavy atom. The van der Waals surface area contributed by atoms with Crippen LogP contribution in [0.3, 0.4) is 0 Å². The maximum atomic E-state index is 5.54. The van der Waals surface area contributed by atoms with Crippen LogP contribution in [0, 0.1) is 0 Å². The van der Waals surface area contributed by atoms with Gasteiger partial charge < -0.3 is 0 Å². The molecule has 0 aliphatic rings. The first-order chi connectivity index (χ1) is 69.9. The third kappa shape index (κ3) is 14.3. The summed E-state index contributed by atoms with van der Waals surface area (Å²) in [4.78, 5) is 56.3. The Labute approximate surface area is 820 Å². The summed E-state index contributed by atoms with van der Waals surface area (Å²) in [5.41, 5.74) is 17.4. The van der Waals surface area contributed by atoms with Crippen molar-refractivity contribution in [2.45, 2.75) is 0 Å². The zero-order valence-corrected chi connectivity index (χ0v) is 77.9. The van der Waals surface area contributed by atoms with Gasteiger partial charge in [0.15, 0.2) is 40.8 Å². The summed E-state index contributed by atoms with van der Waals surface area (Å²) in [6, 6.07) is 156. The standard InChI is InChI=1S/2C44H26N4S.C39H23N3S/c1-3-14-27(15-4-1)42-46-43(28-16-5-2-6-17-28)48-44(47-42)30-19-13-18-29(26-30)39-33-22-9-8-21-32(33)38-40(45-39)34-23-10-7-20-31(34)37-35-24-11-12-25-36(35)49-41(37)38;1-3-13-28(14-4-1)42-46-43(29-15-5-2-6-16-29)48-44(47-42)30-25-23-27(24-26-30)39-33-19-9-8-18-32(33)38-40(45-39)34-20-10-7-17-31(34)37-35-21-11-12-22-36(35)49-41(37)38;1-3-13-24(14-4-1)35-31(23-40-39(42-35)25-15-5-2-6-16-25)36-28-19-9-8-18-27(28)34-37(41-36)29-20-10-7-17-26(29)33-30-21-11-12-22-32(30)43-38(33)34/h2*1-26H;1-23H. The van der Waals surface area contributed by atoms with Gasteiger partial charge in [-0.15, -0.1) is 34.0 Å². The molecule has 0 aliphatic carbocycles. The quantitative estimate of drug-likeness (QED) is 0.114. The molecule has 0 amide bonds. The monoisotopic (exact) mass is 1850 g/mol. The van der Waals surface area contributed by atoms with Crippen LogP contribution in [0.2, 0.25) is 0 Å². The number of rotatable bonds is 11. The predicted molar refractivity (Wildman–Crippen MR) is 591 cm³/mol. The summed E-state index contributed by atoms with van der Waals surface area (Å²) in [6.07, 6.45) is 1.96. The molecule has 29 rings (SSSR count). The highest BCUT2D eigenvalue weighted by atomic mass is 32.1. The second-order valence-corrected chi connectivity index (χ2v) is 38.3. The van der Waals surface area contributed by atoms with Gasteiger partial charge in [0.25, 0.3) is 0 Å². The first-order valence-electron chi connectivity index (χ1n) is 47.0. The fourth-order valence-corrected chi connectivity index (χ4v) is 24.3. The molecule has 0 radical (unpaired) electrons. The first kappa shape index (κ1) is 82.4. The maximum absolute atomic E-state index is 5.54. The Balaban J connectivity index is 0.000000106. The van der Waals surface area contributed by atoms with Crippen molar-refractivity contribution < 1.29 is 0 Å². The van der Waals surface area contributed by atoms with Crippen LogP contribution in [0.5, 0.6) is 0 Å². The molecule has 656 valence electrons. The van der Waals surface area contributed by atoms with Crippen LogP contribution >= 0.6 is 34.0 Å². The smallest absolute Gasteiger partial charge is 0.164 e.